The zero-order chi connectivity index (χ0) is 29.1. The number of alkyl halides is 1. The van der Waals surface area contributed by atoms with Crippen molar-refractivity contribution in [1.82, 2.24) is 39.0 Å². The summed E-state index contributed by atoms with van der Waals surface area (Å²) in [6.07, 6.45) is -5.24. The van der Waals surface area contributed by atoms with Gasteiger partial charge in [-0.2, -0.15) is 4.98 Å². The lowest BCUT2D eigenvalue weighted by atomic mass is 10.1. The maximum absolute atomic E-state index is 15.1. The minimum Gasteiger partial charge on any atom is -0.394 e. The van der Waals surface area contributed by atoms with Gasteiger partial charge in [-0.05, 0) is 0 Å². The van der Waals surface area contributed by atoms with Crippen molar-refractivity contribution in [3.63, 3.8) is 0 Å². The molecule has 4 aromatic heterocycles. The number of aromatic nitrogens is 8. The van der Waals surface area contributed by atoms with Crippen LogP contribution in [0, 0.1) is 0 Å². The number of thiol groups is 1. The molecule has 41 heavy (non-hydrogen) atoms. The molecule has 6 rings (SSSR count). The predicted molar refractivity (Wildman–Crippen MR) is 140 cm³/mol. The molecule has 0 amide bonds. The Bertz CT molecular complexity index is 1700. The molecule has 7 N–H and O–H groups in total. The van der Waals surface area contributed by atoms with E-state index in [1.54, 1.807) is 0 Å². The van der Waals surface area contributed by atoms with E-state index in [-0.39, 0.29) is 40.5 Å². The highest BCUT2D eigenvalue weighted by Crippen LogP contribution is 2.57. The molecule has 220 valence electrons. The Balaban J connectivity index is 1.16. The zero-order valence-electron chi connectivity index (χ0n) is 20.8. The number of H-pyrrole nitrogens is 1. The second-order valence-corrected chi connectivity index (χ2v) is 12.2. The maximum Gasteiger partial charge on any atom is 0.386 e. The number of nitrogens with one attached hydrogen (secondary N) is 1. The van der Waals surface area contributed by atoms with Crippen LogP contribution in [0.15, 0.2) is 23.8 Å². The minimum atomic E-state index is -4.21. The first-order chi connectivity index (χ1) is 19.6. The second-order valence-electron chi connectivity index (χ2n) is 9.33. The molecule has 21 heteroatoms. The Labute approximate surface area is 233 Å². The average molecular weight is 615 g/mol. The van der Waals surface area contributed by atoms with E-state index in [4.69, 9.17) is 30.0 Å². The summed E-state index contributed by atoms with van der Waals surface area (Å²) in [7, 11) is 0. The number of fused-ring (bicyclic) bond motifs is 2. The van der Waals surface area contributed by atoms with E-state index >= 15 is 4.39 Å². The van der Waals surface area contributed by atoms with Crippen LogP contribution in [0.5, 0.6) is 0 Å². The highest BCUT2D eigenvalue weighted by Gasteiger charge is 2.47. The molecule has 0 aliphatic carbocycles. The normalized spacial score (nSPS) is 29.9. The third kappa shape index (κ3) is 5.06. The molecule has 2 aliphatic rings. The zero-order valence-corrected chi connectivity index (χ0v) is 22.6. The van der Waals surface area contributed by atoms with Crippen LogP contribution in [0.3, 0.4) is 0 Å². The molecule has 18 nitrogen and oxygen atoms in total. The van der Waals surface area contributed by atoms with Crippen molar-refractivity contribution in [3.05, 3.63) is 29.3 Å². The first-order valence-corrected chi connectivity index (χ1v) is 14.8. The van der Waals surface area contributed by atoms with E-state index < -0.39 is 68.6 Å². The number of hydrogen-bond acceptors (Lipinski definition) is 15. The standard InChI is InChI=1S/C20H24FN10O8PS/c21-10-13(33)9(38-19(10)30-5-26-11-14(22)24-4-25-15(11)30)3-36-40(35,41)39-8-1-7(2-32)37-18(8)31-6-27-12-16(31)28-20(23)29-17(12)34/h4-10,13,18-19,32-33H,1-3H2,(H,35,41)(H2,22,24,25)(H3,23,28,29,34)/t7-,8-,9+,10-,13?,18+,19+,40?/m0/s1. The van der Waals surface area contributed by atoms with Crippen LogP contribution in [0.25, 0.3) is 22.3 Å². The summed E-state index contributed by atoms with van der Waals surface area (Å²) in [4.78, 5) is 34.6. The highest BCUT2D eigenvalue weighted by atomic mass is 32.7. The Kier molecular flexibility index (Phi) is 7.19. The summed E-state index contributed by atoms with van der Waals surface area (Å²) in [6, 6.07) is 0. The molecule has 0 radical (unpaired) electrons. The number of rotatable bonds is 8. The topological polar surface area (TPSA) is 254 Å². The second kappa shape index (κ2) is 10.6. The lowest BCUT2D eigenvalue weighted by Crippen LogP contribution is -2.31. The third-order valence-corrected chi connectivity index (χ3v) is 8.34. The van der Waals surface area contributed by atoms with Gasteiger partial charge in [-0.15, -0.1) is 0 Å². The van der Waals surface area contributed by atoms with Crippen LogP contribution < -0.4 is 17.0 Å². The van der Waals surface area contributed by atoms with Crippen LogP contribution in [-0.4, -0.2) is 93.1 Å². The summed E-state index contributed by atoms with van der Waals surface area (Å²) < 4.78 is 53.4. The van der Waals surface area contributed by atoms with Gasteiger partial charge in [-0.25, -0.2) is 28.9 Å². The molecule has 2 unspecified atom stereocenters. The Morgan fingerprint density at radius 1 is 1.15 bits per heavy atom. The number of nitrogens with two attached hydrogens (primary N) is 2. The number of anilines is 2. The summed E-state index contributed by atoms with van der Waals surface area (Å²) in [5, 5.41) is 20.2. The molecule has 2 fully saturated rings. The molecule has 2 saturated heterocycles. The smallest absolute Gasteiger partial charge is 0.386 e. The van der Waals surface area contributed by atoms with Crippen LogP contribution in [0.4, 0.5) is 16.2 Å². The number of aliphatic hydroxyl groups is 2. The Morgan fingerprint density at radius 3 is 2.63 bits per heavy atom. The monoisotopic (exact) mass is 614 g/mol. The number of imidazole rings is 2. The molecule has 4 aromatic rings. The van der Waals surface area contributed by atoms with Gasteiger partial charge in [0.1, 0.15) is 30.2 Å². The van der Waals surface area contributed by atoms with Crippen molar-refractivity contribution in [3.8, 4) is 0 Å². The number of nitrogen functional groups attached to an aromatic ring is 2. The van der Waals surface area contributed by atoms with Gasteiger partial charge in [-0.3, -0.25) is 28.0 Å². The van der Waals surface area contributed by atoms with E-state index in [2.05, 4.69) is 42.2 Å². The molecule has 2 aliphatic heterocycles. The van der Waals surface area contributed by atoms with Gasteiger partial charge in [0.25, 0.3) is 5.56 Å². The number of ether oxygens (including phenoxy) is 2. The minimum absolute atomic E-state index is 0.0261. The van der Waals surface area contributed by atoms with Gasteiger partial charge in [0.2, 0.25) is 5.95 Å². The first-order valence-electron chi connectivity index (χ1n) is 12.1. The van der Waals surface area contributed by atoms with Crippen molar-refractivity contribution < 1.29 is 37.7 Å². The molecular weight excluding hydrogens is 590 g/mol. The van der Waals surface area contributed by atoms with Crippen molar-refractivity contribution >= 4 is 53.1 Å². The summed E-state index contributed by atoms with van der Waals surface area (Å²) in [6.45, 7) is -5.16. The molecular formula is C20H24FN10O8PS. The molecule has 6 heterocycles. The Morgan fingerprint density at radius 2 is 1.88 bits per heavy atom. The van der Waals surface area contributed by atoms with E-state index in [1.165, 1.54) is 28.1 Å². The predicted octanol–water partition coefficient (Wildman–Crippen LogP) is -0.560. The van der Waals surface area contributed by atoms with Crippen molar-refractivity contribution in [1.29, 1.82) is 0 Å². The van der Waals surface area contributed by atoms with Gasteiger partial charge in [-0.1, -0.05) is 12.2 Å². The number of hydrogen-bond donors (Lipinski definition) is 6. The summed E-state index contributed by atoms with van der Waals surface area (Å²) in [5.41, 5.74) is 11.3. The average Bonchev–Trinajstić information content (AvgIpc) is 3.69. The number of halogens is 1. The fourth-order valence-electron chi connectivity index (χ4n) is 4.79. The van der Waals surface area contributed by atoms with Crippen molar-refractivity contribution in [2.24, 2.45) is 0 Å². The van der Waals surface area contributed by atoms with E-state index in [9.17, 15) is 19.6 Å². The number of aromatic amines is 1. The molecule has 8 atom stereocenters. The third-order valence-electron chi connectivity index (χ3n) is 6.70. The van der Waals surface area contributed by atoms with Crippen LogP contribution >= 0.6 is 19.0 Å². The lowest BCUT2D eigenvalue weighted by Gasteiger charge is -2.24. The van der Waals surface area contributed by atoms with Crippen LogP contribution in [0.2, 0.25) is 0 Å². The van der Waals surface area contributed by atoms with Crippen LogP contribution in [0.1, 0.15) is 18.9 Å². The molecule has 0 aromatic carbocycles. The largest absolute Gasteiger partial charge is 0.394 e. The quantitative estimate of drug-likeness (QED) is 0.107. The van der Waals surface area contributed by atoms with Gasteiger partial charge < -0.3 is 31.2 Å². The fourth-order valence-corrected chi connectivity index (χ4v) is 6.29. The number of aliphatic hydroxyl groups excluding tert-OH is 2. The van der Waals surface area contributed by atoms with Gasteiger partial charge in [0.15, 0.2) is 41.3 Å². The van der Waals surface area contributed by atoms with Crippen LogP contribution in [-0.2, 0) is 23.1 Å². The summed E-state index contributed by atoms with van der Waals surface area (Å²) in [5.74, 6) is -0.0797. The van der Waals surface area contributed by atoms with Crippen molar-refractivity contribution in [2.45, 2.75) is 49.5 Å². The van der Waals surface area contributed by atoms with E-state index in [0.29, 0.717) is 0 Å². The van der Waals surface area contributed by atoms with Gasteiger partial charge in [0, 0.05) is 6.42 Å². The highest BCUT2D eigenvalue weighted by molar-refractivity contribution is 8.44. The van der Waals surface area contributed by atoms with Crippen molar-refractivity contribution in [2.75, 3.05) is 24.7 Å². The lowest BCUT2D eigenvalue weighted by molar-refractivity contribution is -0.0529. The van der Waals surface area contributed by atoms with Gasteiger partial charge >= 0.3 is 6.80 Å². The Hall–Kier alpha value is -3.23. The first kappa shape index (κ1) is 27.9. The SMILES string of the molecule is Nc1nc2c(ncn2[C@@H]2O[C@H](CO)C[C@@H]2OP(=O)(S)OC[C@H]2O[C@@H](n3cnc4c(N)ncnc43)[C@@H](F)C2O)c(=O)[nH]1. The molecule has 0 bridgehead atoms. The summed E-state index contributed by atoms with van der Waals surface area (Å²) >= 11 is 4.03. The molecule has 0 spiro atoms. The van der Waals surface area contributed by atoms with Gasteiger partial charge in [0.05, 0.1) is 32.0 Å². The fraction of sp³-hybridized carbons (Fsp3) is 0.500. The maximum atomic E-state index is 15.1. The number of nitrogens with zero attached hydrogens (tertiary/aromatic N) is 7. The van der Waals surface area contributed by atoms with E-state index in [1.807, 2.05) is 0 Å². The molecule has 0 saturated carbocycles. The van der Waals surface area contributed by atoms with E-state index in [0.717, 1.165) is 0 Å².